The van der Waals surface area contributed by atoms with E-state index in [0.717, 1.165) is 0 Å². The van der Waals surface area contributed by atoms with E-state index in [-0.39, 0.29) is 12.6 Å². The quantitative estimate of drug-likeness (QED) is 0.619. The fourth-order valence-corrected chi connectivity index (χ4v) is 1.77. The summed E-state index contributed by atoms with van der Waals surface area (Å²) in [6, 6.07) is -0.0808. The van der Waals surface area contributed by atoms with Crippen molar-refractivity contribution in [1.82, 2.24) is 24.5 Å². The third-order valence-electron chi connectivity index (χ3n) is 2.76. The molecular formula is C12H19N7O2. The fourth-order valence-electron chi connectivity index (χ4n) is 1.77. The zero-order valence-corrected chi connectivity index (χ0v) is 12.0. The van der Waals surface area contributed by atoms with Crippen LogP contribution in [-0.2, 0) is 4.74 Å². The van der Waals surface area contributed by atoms with Crippen molar-refractivity contribution in [3.63, 3.8) is 0 Å². The maximum absolute atomic E-state index is 9.07. The molecule has 0 aromatic carbocycles. The third kappa shape index (κ3) is 4.10. The van der Waals surface area contributed by atoms with Crippen molar-refractivity contribution >= 4 is 11.9 Å². The zero-order chi connectivity index (χ0) is 15.1. The van der Waals surface area contributed by atoms with Crippen molar-refractivity contribution < 1.29 is 9.84 Å². The smallest absolute Gasteiger partial charge is 0.241 e. The number of nitrogens with zero attached hydrogens (tertiary/aromatic N) is 5. The second kappa shape index (κ2) is 7.50. The summed E-state index contributed by atoms with van der Waals surface area (Å²) in [7, 11) is 3.34. The number of aliphatic hydroxyl groups excluding tert-OH is 1. The summed E-state index contributed by atoms with van der Waals surface area (Å²) in [4.78, 5) is 16.8. The number of hydrogen-bond acceptors (Lipinski definition) is 8. The monoisotopic (exact) mass is 293 g/mol. The van der Waals surface area contributed by atoms with E-state index >= 15 is 0 Å². The van der Waals surface area contributed by atoms with Crippen LogP contribution in [-0.4, -0.2) is 63.0 Å². The molecule has 0 saturated carbocycles. The normalized spacial score (nSPS) is 12.1. The summed E-state index contributed by atoms with van der Waals surface area (Å²) in [5.74, 6) is 1.31. The third-order valence-corrected chi connectivity index (χ3v) is 2.76. The molecule has 2 rings (SSSR count). The average Bonchev–Trinajstić information content (AvgIpc) is 3.01. The topological polar surface area (TPSA) is 110 Å². The van der Waals surface area contributed by atoms with E-state index < -0.39 is 0 Å². The van der Waals surface area contributed by atoms with E-state index in [9.17, 15) is 0 Å². The van der Waals surface area contributed by atoms with Gasteiger partial charge in [-0.15, -0.1) is 0 Å². The number of nitrogens with one attached hydrogen (secondary N) is 2. The zero-order valence-electron chi connectivity index (χ0n) is 12.0. The molecule has 1 atom stereocenters. The molecular weight excluding hydrogens is 274 g/mol. The molecule has 0 bridgehead atoms. The van der Waals surface area contributed by atoms with E-state index in [2.05, 4.69) is 30.6 Å². The fraction of sp³-hybridized carbons (Fsp3) is 0.500. The summed E-state index contributed by atoms with van der Waals surface area (Å²) in [5, 5.41) is 15.1. The molecule has 2 aromatic heterocycles. The number of anilines is 2. The Kier molecular flexibility index (Phi) is 5.41. The standard InChI is InChI=1S/C12H19N7O2/c1-13-10-16-11(15-9(3-6-20)7-21-2)18-12(17-10)19-5-4-14-8-19/h4-5,8-9,20H,3,6-7H2,1-2H3,(H2,13,15,16,17,18). The lowest BCUT2D eigenvalue weighted by Gasteiger charge is -2.17. The first-order valence-corrected chi connectivity index (χ1v) is 6.55. The van der Waals surface area contributed by atoms with Crippen molar-refractivity contribution in [3.05, 3.63) is 18.7 Å². The Morgan fingerprint density at radius 3 is 2.76 bits per heavy atom. The molecule has 3 N–H and O–H groups in total. The summed E-state index contributed by atoms with van der Waals surface area (Å²) in [5.41, 5.74) is 0. The van der Waals surface area contributed by atoms with Gasteiger partial charge in [-0.2, -0.15) is 15.0 Å². The van der Waals surface area contributed by atoms with E-state index in [4.69, 9.17) is 9.84 Å². The predicted octanol–water partition coefficient (Wildman–Crippen LogP) is -0.0917. The minimum atomic E-state index is -0.0808. The maximum atomic E-state index is 9.07. The Bertz CT molecular complexity index is 541. The van der Waals surface area contributed by atoms with Gasteiger partial charge in [-0.25, -0.2) is 4.98 Å². The minimum Gasteiger partial charge on any atom is -0.396 e. The van der Waals surface area contributed by atoms with Gasteiger partial charge in [-0.05, 0) is 6.42 Å². The molecule has 114 valence electrons. The predicted molar refractivity (Wildman–Crippen MR) is 77.5 cm³/mol. The molecule has 1 unspecified atom stereocenters. The van der Waals surface area contributed by atoms with Crippen LogP contribution in [0.2, 0.25) is 0 Å². The van der Waals surface area contributed by atoms with Crippen molar-refractivity contribution in [3.8, 4) is 5.95 Å². The molecule has 9 nitrogen and oxygen atoms in total. The lowest BCUT2D eigenvalue weighted by atomic mass is 10.2. The van der Waals surface area contributed by atoms with Crippen molar-refractivity contribution in [2.24, 2.45) is 0 Å². The van der Waals surface area contributed by atoms with Crippen LogP contribution in [0.5, 0.6) is 0 Å². The largest absolute Gasteiger partial charge is 0.396 e. The van der Waals surface area contributed by atoms with Crippen LogP contribution in [0.15, 0.2) is 18.7 Å². The van der Waals surface area contributed by atoms with Crippen LogP contribution < -0.4 is 10.6 Å². The number of rotatable bonds is 8. The molecule has 0 amide bonds. The average molecular weight is 293 g/mol. The van der Waals surface area contributed by atoms with Crippen LogP contribution in [0.3, 0.4) is 0 Å². The van der Waals surface area contributed by atoms with Crippen LogP contribution in [0, 0.1) is 0 Å². The second-order valence-corrected chi connectivity index (χ2v) is 4.31. The van der Waals surface area contributed by atoms with Gasteiger partial charge in [-0.3, -0.25) is 4.57 Å². The van der Waals surface area contributed by atoms with Gasteiger partial charge in [0.1, 0.15) is 6.33 Å². The Morgan fingerprint density at radius 1 is 1.33 bits per heavy atom. The molecule has 0 aliphatic carbocycles. The van der Waals surface area contributed by atoms with Crippen molar-refractivity contribution in [2.75, 3.05) is 38.0 Å². The number of aromatic nitrogens is 5. The Morgan fingerprint density at radius 2 is 2.14 bits per heavy atom. The molecule has 0 aliphatic heterocycles. The van der Waals surface area contributed by atoms with Gasteiger partial charge < -0.3 is 20.5 Å². The Balaban J connectivity index is 2.23. The summed E-state index contributed by atoms with van der Waals surface area (Å²) >= 11 is 0. The molecule has 9 heteroatoms. The van der Waals surface area contributed by atoms with Gasteiger partial charge in [0.15, 0.2) is 0 Å². The van der Waals surface area contributed by atoms with Gasteiger partial charge >= 0.3 is 0 Å². The molecule has 2 heterocycles. The highest BCUT2D eigenvalue weighted by atomic mass is 16.5. The minimum absolute atomic E-state index is 0.0549. The van der Waals surface area contributed by atoms with Gasteiger partial charge in [0.25, 0.3) is 0 Å². The molecule has 0 radical (unpaired) electrons. The van der Waals surface area contributed by atoms with Crippen LogP contribution in [0.1, 0.15) is 6.42 Å². The van der Waals surface area contributed by atoms with Gasteiger partial charge in [0.2, 0.25) is 17.8 Å². The summed E-state index contributed by atoms with van der Waals surface area (Å²) in [6.07, 6.45) is 5.54. The summed E-state index contributed by atoms with van der Waals surface area (Å²) < 4.78 is 6.80. The number of ether oxygens (including phenoxy) is 1. The second-order valence-electron chi connectivity index (χ2n) is 4.31. The highest BCUT2D eigenvalue weighted by Gasteiger charge is 2.12. The molecule has 0 aliphatic rings. The van der Waals surface area contributed by atoms with Crippen LogP contribution >= 0.6 is 0 Å². The number of imidazole rings is 1. The van der Waals surface area contributed by atoms with Crippen LogP contribution in [0.25, 0.3) is 5.95 Å². The first kappa shape index (κ1) is 15.1. The highest BCUT2D eigenvalue weighted by Crippen LogP contribution is 2.10. The van der Waals surface area contributed by atoms with E-state index in [0.29, 0.717) is 30.9 Å². The molecule has 2 aromatic rings. The molecule has 21 heavy (non-hydrogen) atoms. The molecule has 0 spiro atoms. The van der Waals surface area contributed by atoms with Gasteiger partial charge in [0, 0.05) is 33.2 Å². The molecule has 0 saturated heterocycles. The summed E-state index contributed by atoms with van der Waals surface area (Å²) in [6.45, 7) is 0.501. The maximum Gasteiger partial charge on any atom is 0.241 e. The number of methoxy groups -OCH3 is 1. The SMILES string of the molecule is CNc1nc(NC(CCO)COC)nc(-n2ccnc2)n1. The van der Waals surface area contributed by atoms with Crippen LogP contribution in [0.4, 0.5) is 11.9 Å². The lowest BCUT2D eigenvalue weighted by Crippen LogP contribution is -2.27. The number of aliphatic hydroxyl groups is 1. The van der Waals surface area contributed by atoms with Crippen molar-refractivity contribution in [2.45, 2.75) is 12.5 Å². The Hall–Kier alpha value is -2.26. The Labute approximate surface area is 122 Å². The van der Waals surface area contributed by atoms with E-state index in [1.807, 2.05) is 0 Å². The van der Waals surface area contributed by atoms with E-state index in [1.165, 1.54) is 0 Å². The lowest BCUT2D eigenvalue weighted by molar-refractivity contribution is 0.170. The van der Waals surface area contributed by atoms with Gasteiger partial charge in [0.05, 0.1) is 12.6 Å². The van der Waals surface area contributed by atoms with Gasteiger partial charge in [-0.1, -0.05) is 0 Å². The first-order chi connectivity index (χ1) is 10.3. The first-order valence-electron chi connectivity index (χ1n) is 6.55. The number of hydrogen-bond donors (Lipinski definition) is 3. The van der Waals surface area contributed by atoms with E-state index in [1.54, 1.807) is 37.4 Å². The molecule has 0 fully saturated rings. The van der Waals surface area contributed by atoms with Crippen molar-refractivity contribution in [1.29, 1.82) is 0 Å². The highest BCUT2D eigenvalue weighted by molar-refractivity contribution is 5.38.